The lowest BCUT2D eigenvalue weighted by Crippen LogP contribution is -2.51. The number of nitrogens with one attached hydrogen (secondary N) is 1. The molecule has 0 radical (unpaired) electrons. The summed E-state index contributed by atoms with van der Waals surface area (Å²) in [7, 11) is -3.71. The Morgan fingerprint density at radius 2 is 1.61 bits per heavy atom. The molecule has 0 spiro atoms. The van der Waals surface area contributed by atoms with Gasteiger partial charge < -0.3 is 14.2 Å². The SMILES string of the molecule is O=C(CCNS(=O)(=O)c1ccc2ccccc2c1)N1CCN(C(=O)c2ccco2)CC1. The molecule has 1 saturated heterocycles. The van der Waals surface area contributed by atoms with Gasteiger partial charge in [-0.15, -0.1) is 0 Å². The number of carbonyl (C=O) groups is 2. The van der Waals surface area contributed by atoms with Crippen LogP contribution in [0.5, 0.6) is 0 Å². The molecular formula is C22H23N3O5S. The molecule has 1 aliphatic rings. The average molecular weight is 442 g/mol. The summed E-state index contributed by atoms with van der Waals surface area (Å²) in [5.74, 6) is -0.0607. The van der Waals surface area contributed by atoms with Gasteiger partial charge in [0.1, 0.15) is 0 Å². The van der Waals surface area contributed by atoms with Gasteiger partial charge in [-0.3, -0.25) is 9.59 Å². The van der Waals surface area contributed by atoms with E-state index in [1.165, 1.54) is 6.26 Å². The van der Waals surface area contributed by atoms with Gasteiger partial charge >= 0.3 is 0 Å². The van der Waals surface area contributed by atoms with Gasteiger partial charge in [0.05, 0.1) is 11.2 Å². The molecule has 2 heterocycles. The number of rotatable bonds is 6. The quantitative estimate of drug-likeness (QED) is 0.631. The van der Waals surface area contributed by atoms with Gasteiger partial charge in [-0.2, -0.15) is 0 Å². The van der Waals surface area contributed by atoms with Gasteiger partial charge in [0.2, 0.25) is 15.9 Å². The number of carbonyl (C=O) groups excluding carboxylic acids is 2. The number of sulfonamides is 1. The summed E-state index contributed by atoms with van der Waals surface area (Å²) in [5.41, 5.74) is 0. The Bertz CT molecular complexity index is 1180. The van der Waals surface area contributed by atoms with Crippen LogP contribution < -0.4 is 4.72 Å². The van der Waals surface area contributed by atoms with Crippen molar-refractivity contribution < 1.29 is 22.4 Å². The predicted molar refractivity (Wildman–Crippen MR) is 115 cm³/mol. The second-order valence-corrected chi connectivity index (χ2v) is 9.07. The number of hydrogen-bond acceptors (Lipinski definition) is 5. The summed E-state index contributed by atoms with van der Waals surface area (Å²) < 4.78 is 32.8. The van der Waals surface area contributed by atoms with Crippen molar-refractivity contribution in [2.24, 2.45) is 0 Å². The summed E-state index contributed by atoms with van der Waals surface area (Å²) in [6.45, 7) is 1.65. The molecule has 0 bridgehead atoms. The van der Waals surface area contributed by atoms with E-state index in [9.17, 15) is 18.0 Å². The molecule has 1 fully saturated rings. The van der Waals surface area contributed by atoms with E-state index in [0.29, 0.717) is 26.2 Å². The van der Waals surface area contributed by atoms with Gasteiger partial charge in [0.15, 0.2) is 5.76 Å². The third-order valence-electron chi connectivity index (χ3n) is 5.31. The van der Waals surface area contributed by atoms with Crippen molar-refractivity contribution in [3.05, 3.63) is 66.6 Å². The normalized spacial score (nSPS) is 14.7. The maximum atomic E-state index is 12.6. The summed E-state index contributed by atoms with van der Waals surface area (Å²) in [6.07, 6.45) is 1.50. The van der Waals surface area contributed by atoms with Gasteiger partial charge in [0, 0.05) is 39.1 Å². The van der Waals surface area contributed by atoms with Crippen LogP contribution in [0.3, 0.4) is 0 Å². The van der Waals surface area contributed by atoms with Crippen LogP contribution in [0.1, 0.15) is 17.0 Å². The molecule has 1 aliphatic heterocycles. The fourth-order valence-electron chi connectivity index (χ4n) is 3.58. The minimum absolute atomic E-state index is 0.0134. The number of nitrogens with zero attached hydrogens (tertiary/aromatic N) is 2. The zero-order valence-corrected chi connectivity index (χ0v) is 17.7. The molecule has 0 aliphatic carbocycles. The molecule has 1 aromatic heterocycles. The largest absolute Gasteiger partial charge is 0.459 e. The maximum absolute atomic E-state index is 12.6. The molecule has 9 heteroatoms. The Hall–Kier alpha value is -3.17. The smallest absolute Gasteiger partial charge is 0.289 e. The molecule has 4 rings (SSSR count). The lowest BCUT2D eigenvalue weighted by Gasteiger charge is -2.34. The van der Waals surface area contributed by atoms with E-state index in [-0.39, 0.29) is 35.4 Å². The Morgan fingerprint density at radius 3 is 2.32 bits per heavy atom. The lowest BCUT2D eigenvalue weighted by atomic mass is 10.1. The van der Waals surface area contributed by atoms with Crippen LogP contribution in [0.15, 0.2) is 70.2 Å². The second kappa shape index (κ2) is 8.91. The highest BCUT2D eigenvalue weighted by Crippen LogP contribution is 2.19. The van der Waals surface area contributed by atoms with Gasteiger partial charge in [0.25, 0.3) is 5.91 Å². The van der Waals surface area contributed by atoms with E-state index in [4.69, 9.17) is 4.42 Å². The Labute approximate surface area is 180 Å². The van der Waals surface area contributed by atoms with Crippen LogP contribution in [-0.2, 0) is 14.8 Å². The monoisotopic (exact) mass is 441 g/mol. The Kier molecular flexibility index (Phi) is 6.06. The highest BCUT2D eigenvalue weighted by atomic mass is 32.2. The zero-order chi connectivity index (χ0) is 21.8. The van der Waals surface area contributed by atoms with Crippen molar-refractivity contribution in [3.8, 4) is 0 Å². The highest BCUT2D eigenvalue weighted by Gasteiger charge is 2.26. The van der Waals surface area contributed by atoms with Gasteiger partial charge in [-0.05, 0) is 35.0 Å². The lowest BCUT2D eigenvalue weighted by molar-refractivity contribution is -0.132. The molecule has 2 amide bonds. The van der Waals surface area contributed by atoms with Crippen LogP contribution in [0, 0.1) is 0 Å². The van der Waals surface area contributed by atoms with Crippen molar-refractivity contribution in [1.82, 2.24) is 14.5 Å². The number of hydrogen-bond donors (Lipinski definition) is 1. The second-order valence-electron chi connectivity index (χ2n) is 7.31. The van der Waals surface area contributed by atoms with Crippen molar-refractivity contribution >= 4 is 32.6 Å². The van der Waals surface area contributed by atoms with Crippen molar-refractivity contribution in [2.75, 3.05) is 32.7 Å². The van der Waals surface area contributed by atoms with Crippen molar-refractivity contribution in [3.63, 3.8) is 0 Å². The molecular weight excluding hydrogens is 418 g/mol. The van der Waals surface area contributed by atoms with Crippen molar-refractivity contribution in [1.29, 1.82) is 0 Å². The van der Waals surface area contributed by atoms with E-state index in [1.54, 1.807) is 40.1 Å². The van der Waals surface area contributed by atoms with Crippen LogP contribution >= 0.6 is 0 Å². The van der Waals surface area contributed by atoms with Crippen LogP contribution in [0.2, 0.25) is 0 Å². The fraction of sp³-hybridized carbons (Fsp3) is 0.273. The van der Waals surface area contributed by atoms with E-state index >= 15 is 0 Å². The molecule has 8 nitrogen and oxygen atoms in total. The summed E-state index contributed by atoms with van der Waals surface area (Å²) in [5, 5.41) is 1.80. The van der Waals surface area contributed by atoms with Crippen LogP contribution in [0.25, 0.3) is 10.8 Å². The molecule has 2 aromatic carbocycles. The Morgan fingerprint density at radius 1 is 0.903 bits per heavy atom. The first-order valence-corrected chi connectivity index (χ1v) is 11.5. The fourth-order valence-corrected chi connectivity index (χ4v) is 4.65. The number of furan rings is 1. The first-order valence-electron chi connectivity index (χ1n) is 10.0. The van der Waals surface area contributed by atoms with Gasteiger partial charge in [-0.1, -0.05) is 30.3 Å². The predicted octanol–water partition coefficient (Wildman–Crippen LogP) is 2.09. The van der Waals surface area contributed by atoms with Gasteiger partial charge in [-0.25, -0.2) is 13.1 Å². The molecule has 3 aromatic rings. The first-order chi connectivity index (χ1) is 14.9. The first kappa shape index (κ1) is 21.1. The molecule has 0 unspecified atom stereocenters. The topological polar surface area (TPSA) is 99.9 Å². The van der Waals surface area contributed by atoms with E-state index < -0.39 is 10.0 Å². The summed E-state index contributed by atoms with van der Waals surface area (Å²) >= 11 is 0. The molecule has 1 N–H and O–H groups in total. The molecule has 0 atom stereocenters. The third-order valence-corrected chi connectivity index (χ3v) is 6.77. The maximum Gasteiger partial charge on any atom is 0.289 e. The third kappa shape index (κ3) is 4.78. The summed E-state index contributed by atoms with van der Waals surface area (Å²) in [6, 6.07) is 15.7. The number of amides is 2. The molecule has 31 heavy (non-hydrogen) atoms. The minimum atomic E-state index is -3.71. The zero-order valence-electron chi connectivity index (χ0n) is 16.9. The van der Waals surface area contributed by atoms with Crippen LogP contribution in [-0.4, -0.2) is 62.8 Å². The van der Waals surface area contributed by atoms with E-state index in [1.807, 2.05) is 24.3 Å². The summed E-state index contributed by atoms with van der Waals surface area (Å²) in [4.78, 5) is 28.2. The number of fused-ring (bicyclic) bond motifs is 1. The van der Waals surface area contributed by atoms with E-state index in [0.717, 1.165) is 10.8 Å². The highest BCUT2D eigenvalue weighted by molar-refractivity contribution is 7.89. The van der Waals surface area contributed by atoms with E-state index in [2.05, 4.69) is 4.72 Å². The minimum Gasteiger partial charge on any atom is -0.459 e. The van der Waals surface area contributed by atoms with Crippen molar-refractivity contribution in [2.45, 2.75) is 11.3 Å². The average Bonchev–Trinajstić information content (AvgIpc) is 3.33. The standard InChI is InChI=1S/C22H23N3O5S/c26-21(24-11-13-25(14-12-24)22(27)20-6-3-15-30-20)9-10-23-31(28,29)19-8-7-17-4-1-2-5-18(17)16-19/h1-8,15-16,23H,9-14H2. The number of piperazine rings is 1. The van der Waals surface area contributed by atoms with Crippen LogP contribution in [0.4, 0.5) is 0 Å². The molecule has 162 valence electrons. The molecule has 0 saturated carbocycles. The number of benzene rings is 2. The Balaban J connectivity index is 1.27.